The maximum atomic E-state index is 12.9. The number of imide groups is 1. The Morgan fingerprint density at radius 1 is 1.03 bits per heavy atom. The molecule has 5 rings (SSSR count). The minimum atomic E-state index is -0.582. The lowest BCUT2D eigenvalue weighted by Crippen LogP contribution is -2.52. The van der Waals surface area contributed by atoms with Gasteiger partial charge in [0.1, 0.15) is 6.04 Å². The number of benzene rings is 1. The van der Waals surface area contributed by atoms with Gasteiger partial charge in [-0.15, -0.1) is 0 Å². The second-order valence-corrected chi connectivity index (χ2v) is 10.2. The van der Waals surface area contributed by atoms with Gasteiger partial charge in [0.15, 0.2) is 0 Å². The number of ether oxygens (including phenoxy) is 1. The van der Waals surface area contributed by atoms with E-state index in [2.05, 4.69) is 21.2 Å². The highest BCUT2D eigenvalue weighted by molar-refractivity contribution is 6.05. The zero-order valence-electron chi connectivity index (χ0n) is 20.9. The molecule has 36 heavy (non-hydrogen) atoms. The van der Waals surface area contributed by atoms with Crippen LogP contribution in [-0.2, 0) is 20.9 Å². The van der Waals surface area contributed by atoms with Crippen molar-refractivity contribution in [1.82, 2.24) is 20.0 Å². The molecule has 3 saturated heterocycles. The third-order valence-electron chi connectivity index (χ3n) is 7.90. The van der Waals surface area contributed by atoms with Gasteiger partial charge < -0.3 is 19.4 Å². The number of carbonyl (C=O) groups excluding carboxylic acids is 4. The highest BCUT2D eigenvalue weighted by Crippen LogP contribution is 2.32. The fourth-order valence-electron chi connectivity index (χ4n) is 5.82. The molecule has 0 aliphatic carbocycles. The van der Waals surface area contributed by atoms with Crippen LogP contribution in [0.2, 0.25) is 0 Å². The molecule has 3 fully saturated rings. The van der Waals surface area contributed by atoms with Gasteiger partial charge in [-0.05, 0) is 55.9 Å². The van der Waals surface area contributed by atoms with E-state index < -0.39 is 6.04 Å². The highest BCUT2D eigenvalue weighted by Gasteiger charge is 2.39. The van der Waals surface area contributed by atoms with E-state index in [0.29, 0.717) is 31.1 Å². The monoisotopic (exact) mass is 497 g/mol. The highest BCUT2D eigenvalue weighted by atomic mass is 16.6. The van der Waals surface area contributed by atoms with E-state index >= 15 is 0 Å². The van der Waals surface area contributed by atoms with Crippen molar-refractivity contribution in [2.24, 2.45) is 5.92 Å². The second kappa shape index (κ2) is 10.5. The molecule has 0 radical (unpaired) electrons. The van der Waals surface area contributed by atoms with Crippen LogP contribution in [0.15, 0.2) is 18.2 Å². The smallest absolute Gasteiger partial charge is 0.409 e. The first kappa shape index (κ1) is 24.5. The third kappa shape index (κ3) is 5.04. The van der Waals surface area contributed by atoms with Gasteiger partial charge in [0, 0.05) is 70.0 Å². The van der Waals surface area contributed by atoms with Crippen molar-refractivity contribution >= 4 is 29.5 Å². The standard InChI is InChI=1S/C26H35N5O5/c1-2-36-26(35)30-13-11-28(12-14-30)16-18-7-9-29(10-8-18)20-3-4-21-19(15-20)17-31(25(21)34)22-5-6-23(32)27-24(22)33/h3-4,15,18,22H,2,5-14,16-17H2,1H3,(H,27,32,33). The van der Waals surface area contributed by atoms with Crippen molar-refractivity contribution in [2.75, 3.05) is 57.3 Å². The molecule has 1 atom stereocenters. The Balaban J connectivity index is 1.12. The molecule has 4 heterocycles. The molecule has 10 nitrogen and oxygen atoms in total. The molecule has 1 N–H and O–H groups in total. The molecule has 1 aromatic rings. The van der Waals surface area contributed by atoms with Gasteiger partial charge in [0.25, 0.3) is 5.91 Å². The van der Waals surface area contributed by atoms with Gasteiger partial charge in [-0.3, -0.25) is 24.6 Å². The van der Waals surface area contributed by atoms with Crippen molar-refractivity contribution in [2.45, 2.75) is 45.2 Å². The van der Waals surface area contributed by atoms with E-state index in [1.807, 2.05) is 19.1 Å². The summed E-state index contributed by atoms with van der Waals surface area (Å²) in [7, 11) is 0. The van der Waals surface area contributed by atoms with Crippen LogP contribution in [-0.4, -0.2) is 97.0 Å². The van der Waals surface area contributed by atoms with E-state index in [-0.39, 0.29) is 30.2 Å². The van der Waals surface area contributed by atoms with Crippen LogP contribution >= 0.6 is 0 Å². The molecule has 1 aromatic carbocycles. The van der Waals surface area contributed by atoms with Crippen LogP contribution in [0.4, 0.5) is 10.5 Å². The maximum absolute atomic E-state index is 12.9. The summed E-state index contributed by atoms with van der Waals surface area (Å²) in [4.78, 5) is 56.9. The summed E-state index contributed by atoms with van der Waals surface area (Å²) in [6.07, 6.45) is 2.65. The zero-order valence-corrected chi connectivity index (χ0v) is 20.9. The minimum Gasteiger partial charge on any atom is -0.450 e. The number of hydrogen-bond donors (Lipinski definition) is 1. The normalized spacial score (nSPS) is 23.6. The topological polar surface area (TPSA) is 102 Å². The van der Waals surface area contributed by atoms with Crippen LogP contribution in [0.3, 0.4) is 0 Å². The molecule has 194 valence electrons. The van der Waals surface area contributed by atoms with Gasteiger partial charge in [-0.25, -0.2) is 4.79 Å². The molecule has 4 amide bonds. The van der Waals surface area contributed by atoms with E-state index in [0.717, 1.165) is 69.9 Å². The lowest BCUT2D eigenvalue weighted by molar-refractivity contribution is -0.136. The quantitative estimate of drug-likeness (QED) is 0.614. The van der Waals surface area contributed by atoms with E-state index in [1.54, 1.807) is 9.80 Å². The maximum Gasteiger partial charge on any atom is 0.409 e. The SMILES string of the molecule is CCOC(=O)N1CCN(CC2CCN(c3ccc4c(c3)CN(C3CCC(=O)NC3=O)C4=O)CC2)CC1. The zero-order chi connectivity index (χ0) is 25.2. The van der Waals surface area contributed by atoms with Crippen LogP contribution in [0, 0.1) is 5.92 Å². The molecule has 0 saturated carbocycles. The van der Waals surface area contributed by atoms with Crippen LogP contribution in [0.5, 0.6) is 0 Å². The lowest BCUT2D eigenvalue weighted by atomic mass is 9.95. The Labute approximate surface area is 211 Å². The number of rotatable bonds is 5. The van der Waals surface area contributed by atoms with Gasteiger partial charge in [0.05, 0.1) is 6.61 Å². The molecule has 4 aliphatic heterocycles. The fourth-order valence-corrected chi connectivity index (χ4v) is 5.82. The van der Waals surface area contributed by atoms with Crippen molar-refractivity contribution in [3.05, 3.63) is 29.3 Å². The van der Waals surface area contributed by atoms with Crippen molar-refractivity contribution in [1.29, 1.82) is 0 Å². The number of carbonyl (C=O) groups is 4. The van der Waals surface area contributed by atoms with E-state index in [1.165, 1.54) is 0 Å². The minimum absolute atomic E-state index is 0.132. The largest absolute Gasteiger partial charge is 0.450 e. The molecule has 0 bridgehead atoms. The number of amides is 4. The fraction of sp³-hybridized carbons (Fsp3) is 0.615. The number of piperazine rings is 1. The van der Waals surface area contributed by atoms with Crippen molar-refractivity contribution < 1.29 is 23.9 Å². The summed E-state index contributed by atoms with van der Waals surface area (Å²) in [5.41, 5.74) is 2.72. The number of fused-ring (bicyclic) bond motifs is 1. The Morgan fingerprint density at radius 3 is 2.47 bits per heavy atom. The Hall–Kier alpha value is -3.14. The first-order chi connectivity index (χ1) is 17.4. The first-order valence-corrected chi connectivity index (χ1v) is 13.1. The van der Waals surface area contributed by atoms with Crippen LogP contribution in [0.25, 0.3) is 0 Å². The molecule has 1 unspecified atom stereocenters. The summed E-state index contributed by atoms with van der Waals surface area (Å²) in [6, 6.07) is 5.41. The molecule has 0 aromatic heterocycles. The second-order valence-electron chi connectivity index (χ2n) is 10.2. The summed E-state index contributed by atoms with van der Waals surface area (Å²) in [5.74, 6) is -0.149. The van der Waals surface area contributed by atoms with Crippen molar-refractivity contribution in [3.8, 4) is 0 Å². The van der Waals surface area contributed by atoms with Gasteiger partial charge in [0.2, 0.25) is 11.8 Å². The number of piperidine rings is 2. The Bertz CT molecular complexity index is 1030. The summed E-state index contributed by atoms with van der Waals surface area (Å²) >= 11 is 0. The molecular formula is C26H35N5O5. The molecule has 10 heteroatoms. The van der Waals surface area contributed by atoms with E-state index in [4.69, 9.17) is 4.74 Å². The third-order valence-corrected chi connectivity index (χ3v) is 7.90. The van der Waals surface area contributed by atoms with Gasteiger partial charge in [-0.2, -0.15) is 0 Å². The van der Waals surface area contributed by atoms with Crippen LogP contribution < -0.4 is 10.2 Å². The number of nitrogens with zero attached hydrogens (tertiary/aromatic N) is 4. The number of nitrogens with one attached hydrogen (secondary N) is 1. The molecule has 0 spiro atoms. The number of anilines is 1. The predicted octanol–water partition coefficient (Wildman–Crippen LogP) is 1.44. The average Bonchev–Trinajstić information content (AvgIpc) is 3.20. The first-order valence-electron chi connectivity index (χ1n) is 13.1. The summed E-state index contributed by atoms with van der Waals surface area (Å²) in [6.45, 7) is 8.88. The predicted molar refractivity (Wildman–Crippen MR) is 132 cm³/mol. The van der Waals surface area contributed by atoms with Gasteiger partial charge >= 0.3 is 6.09 Å². The molecule has 4 aliphatic rings. The Kier molecular flexibility index (Phi) is 7.13. The van der Waals surface area contributed by atoms with Crippen molar-refractivity contribution in [3.63, 3.8) is 0 Å². The average molecular weight is 498 g/mol. The summed E-state index contributed by atoms with van der Waals surface area (Å²) < 4.78 is 5.11. The molecular weight excluding hydrogens is 462 g/mol. The Morgan fingerprint density at radius 2 is 1.78 bits per heavy atom. The van der Waals surface area contributed by atoms with Crippen LogP contribution in [0.1, 0.15) is 48.5 Å². The summed E-state index contributed by atoms with van der Waals surface area (Å²) in [5, 5.41) is 2.36. The van der Waals surface area contributed by atoms with E-state index in [9.17, 15) is 19.2 Å². The van der Waals surface area contributed by atoms with Gasteiger partial charge in [-0.1, -0.05) is 0 Å². The number of hydrogen-bond acceptors (Lipinski definition) is 7. The lowest BCUT2D eigenvalue weighted by Gasteiger charge is -2.39.